The number of thiophene rings is 1. The van der Waals surface area contributed by atoms with Gasteiger partial charge in [0.25, 0.3) is 0 Å². The van der Waals surface area contributed by atoms with Crippen LogP contribution in [0.3, 0.4) is 0 Å². The lowest BCUT2D eigenvalue weighted by molar-refractivity contribution is -0.422. The molecule has 0 amide bonds. The fourth-order valence-corrected chi connectivity index (χ4v) is 2.83. The number of rotatable bonds is 3. The number of benzene rings is 1. The molecule has 0 bridgehead atoms. The summed E-state index contributed by atoms with van der Waals surface area (Å²) in [6.07, 6.45) is 1.56. The number of nitro groups is 1. The zero-order valence-corrected chi connectivity index (χ0v) is 11.2. The Morgan fingerprint density at radius 3 is 2.72 bits per heavy atom. The number of hydrogen-bond donors (Lipinski definition) is 0. The van der Waals surface area contributed by atoms with Crippen molar-refractivity contribution in [3.63, 3.8) is 0 Å². The molecule has 0 atom stereocenters. The maximum Gasteiger partial charge on any atom is 0.244 e. The van der Waals surface area contributed by atoms with E-state index in [1.807, 2.05) is 36.4 Å². The topological polar surface area (TPSA) is 43.1 Å². The molecular weight excluding hydrogens is 270 g/mol. The van der Waals surface area contributed by atoms with Crippen LogP contribution in [0.2, 0.25) is 5.02 Å². The average molecular weight is 280 g/mol. The fraction of sp³-hybridized carbons (Fsp3) is 0.0769. The van der Waals surface area contributed by atoms with Gasteiger partial charge in [-0.3, -0.25) is 10.1 Å². The Kier molecular flexibility index (Phi) is 3.79. The molecular formula is C13H10ClNO2S. The highest BCUT2D eigenvalue weighted by atomic mass is 35.5. The predicted octanol–water partition coefficient (Wildman–Crippen LogP) is 4.71. The first-order chi connectivity index (χ1) is 8.58. The highest BCUT2D eigenvalue weighted by Crippen LogP contribution is 2.33. The highest BCUT2D eigenvalue weighted by Gasteiger charge is 2.07. The maximum atomic E-state index is 10.6. The standard InChI is InChI=1S/C13H10ClNO2S/c1-9(15(16)17)8-10-6-7-13(18-10)11-4-2-3-5-12(11)14/h2-8H,1H3. The van der Waals surface area contributed by atoms with Gasteiger partial charge in [0, 0.05) is 33.3 Å². The molecule has 0 spiro atoms. The molecule has 0 radical (unpaired) electrons. The van der Waals surface area contributed by atoms with Gasteiger partial charge in [-0.15, -0.1) is 11.3 Å². The van der Waals surface area contributed by atoms with Gasteiger partial charge in [-0.1, -0.05) is 29.8 Å². The monoisotopic (exact) mass is 279 g/mol. The Morgan fingerprint density at radius 1 is 1.33 bits per heavy atom. The summed E-state index contributed by atoms with van der Waals surface area (Å²) in [5.41, 5.74) is 1.07. The van der Waals surface area contributed by atoms with Gasteiger partial charge in [-0.05, 0) is 18.2 Å². The van der Waals surface area contributed by atoms with E-state index in [1.165, 1.54) is 18.3 Å². The maximum absolute atomic E-state index is 10.6. The van der Waals surface area contributed by atoms with Crippen molar-refractivity contribution in [2.75, 3.05) is 0 Å². The van der Waals surface area contributed by atoms with E-state index in [1.54, 1.807) is 6.08 Å². The van der Waals surface area contributed by atoms with Crippen molar-refractivity contribution in [2.24, 2.45) is 0 Å². The minimum Gasteiger partial charge on any atom is -0.259 e. The summed E-state index contributed by atoms with van der Waals surface area (Å²) in [5, 5.41) is 11.2. The van der Waals surface area contributed by atoms with E-state index >= 15 is 0 Å². The molecule has 1 aromatic carbocycles. The second kappa shape index (κ2) is 5.33. The van der Waals surface area contributed by atoms with Crippen LogP contribution in [0.4, 0.5) is 0 Å². The predicted molar refractivity (Wildman–Crippen MR) is 75.4 cm³/mol. The Morgan fingerprint density at radius 2 is 2.06 bits per heavy atom. The smallest absolute Gasteiger partial charge is 0.244 e. The molecule has 18 heavy (non-hydrogen) atoms. The minimum absolute atomic E-state index is 0.127. The molecule has 1 aromatic heterocycles. The van der Waals surface area contributed by atoms with Gasteiger partial charge in [-0.2, -0.15) is 0 Å². The van der Waals surface area contributed by atoms with Crippen LogP contribution in [0.15, 0.2) is 42.1 Å². The van der Waals surface area contributed by atoms with Crippen LogP contribution in [-0.4, -0.2) is 4.92 Å². The molecule has 0 aliphatic rings. The van der Waals surface area contributed by atoms with Gasteiger partial charge >= 0.3 is 0 Å². The summed E-state index contributed by atoms with van der Waals surface area (Å²) in [5.74, 6) is 0. The third kappa shape index (κ3) is 2.78. The van der Waals surface area contributed by atoms with E-state index in [2.05, 4.69) is 0 Å². The van der Waals surface area contributed by atoms with Crippen molar-refractivity contribution in [3.05, 3.63) is 62.1 Å². The normalized spacial score (nSPS) is 11.6. The lowest BCUT2D eigenvalue weighted by atomic mass is 10.2. The third-order valence-corrected chi connectivity index (χ3v) is 3.80. The fourth-order valence-electron chi connectivity index (χ4n) is 1.49. The summed E-state index contributed by atoms with van der Waals surface area (Å²) in [6.45, 7) is 1.48. The molecule has 2 aromatic rings. The Labute approximate surface area is 113 Å². The third-order valence-electron chi connectivity index (χ3n) is 2.41. The summed E-state index contributed by atoms with van der Waals surface area (Å²) < 4.78 is 0. The molecule has 0 N–H and O–H groups in total. The van der Waals surface area contributed by atoms with Crippen LogP contribution in [0.1, 0.15) is 11.8 Å². The molecule has 0 unspecified atom stereocenters. The van der Waals surface area contributed by atoms with E-state index in [9.17, 15) is 10.1 Å². The van der Waals surface area contributed by atoms with E-state index in [-0.39, 0.29) is 5.70 Å². The molecule has 1 heterocycles. The average Bonchev–Trinajstić information content (AvgIpc) is 2.77. The van der Waals surface area contributed by atoms with Gasteiger partial charge in [0.1, 0.15) is 0 Å². The molecule has 5 heteroatoms. The Bertz CT molecular complexity index is 619. The molecule has 0 saturated carbocycles. The van der Waals surface area contributed by atoms with Crippen LogP contribution in [-0.2, 0) is 0 Å². The first-order valence-electron chi connectivity index (χ1n) is 5.25. The van der Waals surface area contributed by atoms with Gasteiger partial charge in [-0.25, -0.2) is 0 Å². The van der Waals surface area contributed by atoms with Crippen molar-refractivity contribution in [1.82, 2.24) is 0 Å². The van der Waals surface area contributed by atoms with Crippen molar-refractivity contribution < 1.29 is 4.92 Å². The van der Waals surface area contributed by atoms with Crippen molar-refractivity contribution >= 4 is 29.0 Å². The van der Waals surface area contributed by atoms with E-state index < -0.39 is 4.92 Å². The zero-order chi connectivity index (χ0) is 13.1. The van der Waals surface area contributed by atoms with Crippen molar-refractivity contribution in [2.45, 2.75) is 6.92 Å². The zero-order valence-electron chi connectivity index (χ0n) is 9.59. The molecule has 0 aliphatic carbocycles. The molecule has 3 nitrogen and oxygen atoms in total. The highest BCUT2D eigenvalue weighted by molar-refractivity contribution is 7.16. The van der Waals surface area contributed by atoms with Crippen molar-refractivity contribution in [3.8, 4) is 10.4 Å². The molecule has 0 saturated heterocycles. The van der Waals surface area contributed by atoms with Crippen molar-refractivity contribution in [1.29, 1.82) is 0 Å². The van der Waals surface area contributed by atoms with Gasteiger partial charge in [0.05, 0.1) is 4.92 Å². The summed E-state index contributed by atoms with van der Waals surface area (Å²) >= 11 is 7.59. The van der Waals surface area contributed by atoms with E-state index in [4.69, 9.17) is 11.6 Å². The van der Waals surface area contributed by atoms with E-state index in [0.29, 0.717) is 5.02 Å². The second-order valence-electron chi connectivity index (χ2n) is 3.72. The summed E-state index contributed by atoms with van der Waals surface area (Å²) in [7, 11) is 0. The van der Waals surface area contributed by atoms with Gasteiger partial charge in [0.15, 0.2) is 0 Å². The molecule has 0 fully saturated rings. The van der Waals surface area contributed by atoms with Crippen LogP contribution < -0.4 is 0 Å². The molecule has 0 aliphatic heterocycles. The molecule has 92 valence electrons. The first-order valence-corrected chi connectivity index (χ1v) is 6.45. The Balaban J connectivity index is 2.35. The van der Waals surface area contributed by atoms with Crippen LogP contribution in [0.5, 0.6) is 0 Å². The quantitative estimate of drug-likeness (QED) is 0.603. The second-order valence-corrected chi connectivity index (χ2v) is 5.25. The number of nitrogens with zero attached hydrogens (tertiary/aromatic N) is 1. The number of allylic oxidation sites excluding steroid dienone is 1. The minimum atomic E-state index is -0.394. The SMILES string of the molecule is CC(=Cc1ccc(-c2ccccc2Cl)s1)[N+](=O)[O-]. The lowest BCUT2D eigenvalue weighted by Crippen LogP contribution is -1.91. The van der Waals surface area contributed by atoms with Crippen LogP contribution >= 0.6 is 22.9 Å². The molecule has 2 rings (SSSR count). The largest absolute Gasteiger partial charge is 0.259 e. The summed E-state index contributed by atoms with van der Waals surface area (Å²) in [6, 6.07) is 11.3. The van der Waals surface area contributed by atoms with E-state index in [0.717, 1.165) is 15.3 Å². The van der Waals surface area contributed by atoms with Gasteiger partial charge < -0.3 is 0 Å². The Hall–Kier alpha value is -1.65. The number of hydrogen-bond acceptors (Lipinski definition) is 3. The van der Waals surface area contributed by atoms with Gasteiger partial charge in [0.2, 0.25) is 5.70 Å². The van der Waals surface area contributed by atoms with Crippen LogP contribution in [0.25, 0.3) is 16.5 Å². The number of halogens is 1. The van der Waals surface area contributed by atoms with Crippen LogP contribution in [0, 0.1) is 10.1 Å². The lowest BCUT2D eigenvalue weighted by Gasteiger charge is -1.99. The summed E-state index contributed by atoms with van der Waals surface area (Å²) in [4.78, 5) is 12.0. The first kappa shape index (κ1) is 12.8.